The van der Waals surface area contributed by atoms with Crippen molar-refractivity contribution in [2.75, 3.05) is 53.0 Å². The monoisotopic (exact) mass is 411 g/mol. The molecule has 0 aromatic heterocycles. The number of amides is 2. The fourth-order valence-corrected chi connectivity index (χ4v) is 3.99. The molecular formula is C20H27ClFN3O3. The molecule has 1 atom stereocenters. The number of morpholine rings is 1. The average Bonchev–Trinajstić information content (AvgIpc) is 2.71. The molecule has 0 bridgehead atoms. The minimum atomic E-state index is -0.415. The Labute approximate surface area is 170 Å². The van der Waals surface area contributed by atoms with Crippen LogP contribution in [0.1, 0.15) is 18.4 Å². The van der Waals surface area contributed by atoms with Gasteiger partial charge in [0.15, 0.2) is 0 Å². The molecule has 154 valence electrons. The first-order valence-electron chi connectivity index (χ1n) is 9.71. The molecule has 3 rings (SSSR count). The van der Waals surface area contributed by atoms with Crippen LogP contribution in [0.25, 0.3) is 0 Å². The first kappa shape index (κ1) is 21.0. The Hall–Kier alpha value is -1.70. The summed E-state index contributed by atoms with van der Waals surface area (Å²) in [6.07, 6.45) is 1.73. The van der Waals surface area contributed by atoms with Gasteiger partial charge in [-0.1, -0.05) is 17.7 Å². The van der Waals surface area contributed by atoms with Crippen LogP contribution in [0, 0.1) is 11.7 Å². The van der Waals surface area contributed by atoms with Gasteiger partial charge in [0.05, 0.1) is 25.7 Å². The molecule has 2 saturated heterocycles. The number of piperidine rings is 1. The van der Waals surface area contributed by atoms with Crippen molar-refractivity contribution in [1.29, 1.82) is 0 Å². The van der Waals surface area contributed by atoms with Gasteiger partial charge in [-0.25, -0.2) is 4.39 Å². The van der Waals surface area contributed by atoms with Gasteiger partial charge in [0.2, 0.25) is 11.8 Å². The maximum Gasteiger partial charge on any atom is 0.236 e. The van der Waals surface area contributed by atoms with E-state index in [0.29, 0.717) is 43.4 Å². The molecule has 28 heavy (non-hydrogen) atoms. The Bertz CT molecular complexity index is 692. The summed E-state index contributed by atoms with van der Waals surface area (Å²) >= 11 is 6.06. The lowest BCUT2D eigenvalue weighted by Gasteiger charge is -2.36. The third-order valence-electron chi connectivity index (χ3n) is 5.42. The molecule has 2 aliphatic rings. The van der Waals surface area contributed by atoms with Gasteiger partial charge in [0.1, 0.15) is 5.82 Å². The van der Waals surface area contributed by atoms with Crippen LogP contribution in [-0.4, -0.2) is 79.5 Å². The Morgan fingerprint density at radius 3 is 2.75 bits per heavy atom. The van der Waals surface area contributed by atoms with Crippen molar-refractivity contribution in [2.24, 2.45) is 5.92 Å². The number of carbonyl (C=O) groups is 2. The van der Waals surface area contributed by atoms with Crippen molar-refractivity contribution in [1.82, 2.24) is 14.7 Å². The predicted molar refractivity (Wildman–Crippen MR) is 104 cm³/mol. The number of likely N-dealkylation sites (tertiary alicyclic amines) is 1. The van der Waals surface area contributed by atoms with E-state index in [9.17, 15) is 14.0 Å². The Balaban J connectivity index is 1.53. The molecule has 2 aliphatic heterocycles. The summed E-state index contributed by atoms with van der Waals surface area (Å²) in [6.45, 7) is 4.15. The second kappa shape index (κ2) is 9.67. The second-order valence-corrected chi connectivity index (χ2v) is 7.87. The standard InChI is InChI=1S/C20H27ClFN3O3/c1-23(13-16-17(21)5-2-6-18(16)22)19(26)14-24-7-3-4-15(12-24)20(27)25-8-10-28-11-9-25/h2,5-6,15H,3-4,7-14H2,1H3. The van der Waals surface area contributed by atoms with E-state index in [0.717, 1.165) is 19.4 Å². The lowest BCUT2D eigenvalue weighted by Crippen LogP contribution is -2.50. The fourth-order valence-electron chi connectivity index (χ4n) is 3.76. The van der Waals surface area contributed by atoms with E-state index in [4.69, 9.17) is 16.3 Å². The number of hydrogen-bond donors (Lipinski definition) is 0. The van der Waals surface area contributed by atoms with Gasteiger partial charge in [0, 0.05) is 43.8 Å². The molecule has 1 aromatic carbocycles. The maximum atomic E-state index is 14.0. The molecule has 0 spiro atoms. The summed E-state index contributed by atoms with van der Waals surface area (Å²) < 4.78 is 19.3. The zero-order valence-electron chi connectivity index (χ0n) is 16.2. The van der Waals surface area contributed by atoms with Crippen molar-refractivity contribution >= 4 is 23.4 Å². The molecule has 1 aromatic rings. The smallest absolute Gasteiger partial charge is 0.236 e. The number of likely N-dealkylation sites (N-methyl/N-ethyl adjacent to an activating group) is 1. The number of nitrogens with zero attached hydrogens (tertiary/aromatic N) is 3. The van der Waals surface area contributed by atoms with Crippen LogP contribution in [0.2, 0.25) is 5.02 Å². The predicted octanol–water partition coefficient (Wildman–Crippen LogP) is 2.01. The minimum absolute atomic E-state index is 0.0778. The second-order valence-electron chi connectivity index (χ2n) is 7.46. The first-order chi connectivity index (χ1) is 13.5. The lowest BCUT2D eigenvalue weighted by molar-refractivity contribution is -0.142. The number of benzene rings is 1. The third-order valence-corrected chi connectivity index (χ3v) is 5.77. The molecule has 2 heterocycles. The summed E-state index contributed by atoms with van der Waals surface area (Å²) in [6, 6.07) is 4.50. The van der Waals surface area contributed by atoms with E-state index >= 15 is 0 Å². The number of ether oxygens (including phenoxy) is 1. The van der Waals surface area contributed by atoms with Crippen LogP contribution >= 0.6 is 11.6 Å². The molecule has 0 radical (unpaired) electrons. The molecule has 2 fully saturated rings. The third kappa shape index (κ3) is 5.21. The van der Waals surface area contributed by atoms with E-state index in [1.807, 2.05) is 9.80 Å². The van der Waals surface area contributed by atoms with Crippen LogP contribution in [0.15, 0.2) is 18.2 Å². The van der Waals surface area contributed by atoms with E-state index in [1.165, 1.54) is 11.0 Å². The Kier molecular flexibility index (Phi) is 7.26. The van der Waals surface area contributed by atoms with E-state index < -0.39 is 5.82 Å². The quantitative estimate of drug-likeness (QED) is 0.743. The molecule has 1 unspecified atom stereocenters. The lowest BCUT2D eigenvalue weighted by atomic mass is 9.96. The van der Waals surface area contributed by atoms with Crippen molar-refractivity contribution < 1.29 is 18.7 Å². The summed E-state index contributed by atoms with van der Waals surface area (Å²) in [5, 5.41) is 0.314. The summed E-state index contributed by atoms with van der Waals surface area (Å²) in [7, 11) is 1.64. The van der Waals surface area contributed by atoms with Crippen LogP contribution in [0.3, 0.4) is 0 Å². The largest absolute Gasteiger partial charge is 0.378 e. The van der Waals surface area contributed by atoms with Crippen LogP contribution in [-0.2, 0) is 20.9 Å². The van der Waals surface area contributed by atoms with Crippen LogP contribution in [0.4, 0.5) is 4.39 Å². The van der Waals surface area contributed by atoms with E-state index in [-0.39, 0.29) is 30.8 Å². The molecule has 2 amide bonds. The Morgan fingerprint density at radius 1 is 1.29 bits per heavy atom. The topological polar surface area (TPSA) is 53.1 Å². The number of rotatable bonds is 5. The summed E-state index contributed by atoms with van der Waals surface area (Å²) in [5.41, 5.74) is 0.319. The highest BCUT2D eigenvalue weighted by atomic mass is 35.5. The van der Waals surface area contributed by atoms with E-state index in [1.54, 1.807) is 19.2 Å². The van der Waals surface area contributed by atoms with Crippen molar-refractivity contribution in [2.45, 2.75) is 19.4 Å². The average molecular weight is 412 g/mol. The van der Waals surface area contributed by atoms with Gasteiger partial charge in [-0.2, -0.15) is 0 Å². The van der Waals surface area contributed by atoms with Gasteiger partial charge >= 0.3 is 0 Å². The van der Waals surface area contributed by atoms with Gasteiger partial charge in [0.25, 0.3) is 0 Å². The van der Waals surface area contributed by atoms with Gasteiger partial charge in [-0.05, 0) is 31.5 Å². The summed E-state index contributed by atoms with van der Waals surface area (Å²) in [5.74, 6) is -0.446. The molecule has 8 heteroatoms. The highest BCUT2D eigenvalue weighted by molar-refractivity contribution is 6.31. The molecule has 6 nitrogen and oxygen atoms in total. The molecule has 0 aliphatic carbocycles. The fraction of sp³-hybridized carbons (Fsp3) is 0.600. The maximum absolute atomic E-state index is 14.0. The van der Waals surface area contributed by atoms with Gasteiger partial charge in [-0.15, -0.1) is 0 Å². The zero-order chi connectivity index (χ0) is 20.1. The normalized spacial score (nSPS) is 20.8. The van der Waals surface area contributed by atoms with E-state index in [2.05, 4.69) is 0 Å². The van der Waals surface area contributed by atoms with Crippen molar-refractivity contribution in [3.8, 4) is 0 Å². The molecule has 0 N–H and O–H groups in total. The zero-order valence-corrected chi connectivity index (χ0v) is 17.0. The minimum Gasteiger partial charge on any atom is -0.378 e. The van der Waals surface area contributed by atoms with Crippen LogP contribution in [0.5, 0.6) is 0 Å². The SMILES string of the molecule is CN(Cc1c(F)cccc1Cl)C(=O)CN1CCCC(C(=O)N2CCOCC2)C1. The van der Waals surface area contributed by atoms with Gasteiger partial charge in [-0.3, -0.25) is 14.5 Å². The van der Waals surface area contributed by atoms with Crippen LogP contribution < -0.4 is 0 Å². The Morgan fingerprint density at radius 2 is 2.04 bits per heavy atom. The van der Waals surface area contributed by atoms with Crippen molar-refractivity contribution in [3.05, 3.63) is 34.6 Å². The van der Waals surface area contributed by atoms with Crippen molar-refractivity contribution in [3.63, 3.8) is 0 Å². The highest BCUT2D eigenvalue weighted by Crippen LogP contribution is 2.22. The number of hydrogen-bond acceptors (Lipinski definition) is 4. The summed E-state index contributed by atoms with van der Waals surface area (Å²) in [4.78, 5) is 30.7. The number of halogens is 2. The first-order valence-corrected chi connectivity index (χ1v) is 10.1. The number of carbonyl (C=O) groups excluding carboxylic acids is 2. The molecule has 0 saturated carbocycles. The molecular weight excluding hydrogens is 385 g/mol. The van der Waals surface area contributed by atoms with Gasteiger partial charge < -0.3 is 14.5 Å². The highest BCUT2D eigenvalue weighted by Gasteiger charge is 2.31.